The number of amides is 3. The number of hydrogen-bond acceptors (Lipinski definition) is 8. The van der Waals surface area contributed by atoms with Crippen molar-refractivity contribution in [3.8, 4) is 5.75 Å². The van der Waals surface area contributed by atoms with E-state index in [0.717, 1.165) is 18.7 Å². The van der Waals surface area contributed by atoms with E-state index in [2.05, 4.69) is 22.5 Å². The minimum Gasteiger partial charge on any atom is -0.494 e. The van der Waals surface area contributed by atoms with Crippen LogP contribution in [0.3, 0.4) is 0 Å². The van der Waals surface area contributed by atoms with Gasteiger partial charge >= 0.3 is 0 Å². The standard InChI is InChI=1S/C33H42N4O6S/c1-3-43-24-11-9-23(10-12-24)35-29(39)26-27-31(41)37(25(21-38)22-7-5-4-6-8-22)28(33(27)14-13-32(26,2)44-33)30(40)34-15-16-36-17-19-42-20-18-36/h4-12,25-28,38H,3,13-21H2,1-2H3,(H,34,40)(H,35,39)/t25-,26-,27+,28?,32+,33?/m1/s1. The summed E-state index contributed by atoms with van der Waals surface area (Å²) in [6.45, 7) is 8.29. The molecule has 1 spiro atoms. The maximum atomic E-state index is 14.6. The second-order valence-electron chi connectivity index (χ2n) is 12.3. The van der Waals surface area contributed by atoms with E-state index in [1.807, 2.05) is 49.4 Å². The number of aliphatic hydroxyl groups excluding tert-OH is 1. The minimum absolute atomic E-state index is 0.224. The van der Waals surface area contributed by atoms with Crippen LogP contribution in [0.2, 0.25) is 0 Å². The Kier molecular flexibility index (Phi) is 8.92. The maximum absolute atomic E-state index is 14.6. The number of nitrogens with zero attached hydrogens (tertiary/aromatic N) is 2. The Hall–Kier alpha value is -3.12. The molecule has 2 bridgehead atoms. The van der Waals surface area contributed by atoms with Crippen molar-refractivity contribution in [3.63, 3.8) is 0 Å². The van der Waals surface area contributed by atoms with Crippen molar-refractivity contribution in [2.75, 3.05) is 57.9 Å². The van der Waals surface area contributed by atoms with Crippen LogP contribution in [-0.4, -0.2) is 101 Å². The summed E-state index contributed by atoms with van der Waals surface area (Å²) in [4.78, 5) is 46.7. The Bertz CT molecular complexity index is 1360. The summed E-state index contributed by atoms with van der Waals surface area (Å²) in [6, 6.07) is 15.0. The van der Waals surface area contributed by atoms with E-state index in [0.29, 0.717) is 57.2 Å². The molecule has 4 saturated heterocycles. The van der Waals surface area contributed by atoms with Crippen LogP contribution in [-0.2, 0) is 19.1 Å². The summed E-state index contributed by atoms with van der Waals surface area (Å²) in [5.41, 5.74) is 1.38. The largest absolute Gasteiger partial charge is 0.494 e. The molecule has 4 heterocycles. The number of thioether (sulfide) groups is 1. The highest BCUT2D eigenvalue weighted by atomic mass is 32.2. The molecule has 11 heteroatoms. The molecule has 236 valence electrons. The first-order chi connectivity index (χ1) is 21.3. The molecule has 2 aromatic rings. The molecule has 2 unspecified atom stereocenters. The number of ether oxygens (including phenoxy) is 2. The highest BCUT2D eigenvalue weighted by Gasteiger charge is 2.77. The van der Waals surface area contributed by atoms with E-state index in [-0.39, 0.29) is 24.3 Å². The Morgan fingerprint density at radius 3 is 2.50 bits per heavy atom. The predicted molar refractivity (Wildman–Crippen MR) is 168 cm³/mol. The van der Waals surface area contributed by atoms with Gasteiger partial charge in [-0.15, -0.1) is 11.8 Å². The predicted octanol–water partition coefficient (Wildman–Crippen LogP) is 2.69. The van der Waals surface area contributed by atoms with Gasteiger partial charge in [0.25, 0.3) is 0 Å². The van der Waals surface area contributed by atoms with Crippen LogP contribution < -0.4 is 15.4 Å². The molecule has 6 atom stereocenters. The summed E-state index contributed by atoms with van der Waals surface area (Å²) in [6.07, 6.45) is 1.35. The monoisotopic (exact) mass is 622 g/mol. The maximum Gasteiger partial charge on any atom is 0.244 e. The smallest absolute Gasteiger partial charge is 0.244 e. The molecular formula is C33H42N4O6S. The molecule has 4 aliphatic rings. The average molecular weight is 623 g/mol. The molecule has 4 aliphatic heterocycles. The fourth-order valence-corrected chi connectivity index (χ4v) is 10.1. The van der Waals surface area contributed by atoms with Crippen molar-refractivity contribution in [3.05, 3.63) is 60.2 Å². The number of anilines is 1. The molecular weight excluding hydrogens is 580 g/mol. The van der Waals surface area contributed by atoms with Gasteiger partial charge in [0.05, 0.1) is 49.1 Å². The quantitative estimate of drug-likeness (QED) is 0.350. The lowest BCUT2D eigenvalue weighted by Crippen LogP contribution is -2.55. The Labute approximate surface area is 262 Å². The first-order valence-corrected chi connectivity index (χ1v) is 16.4. The lowest BCUT2D eigenvalue weighted by Gasteiger charge is -2.37. The van der Waals surface area contributed by atoms with Gasteiger partial charge in [0.1, 0.15) is 11.8 Å². The summed E-state index contributed by atoms with van der Waals surface area (Å²) in [5.74, 6) is -1.31. The third kappa shape index (κ3) is 5.48. The summed E-state index contributed by atoms with van der Waals surface area (Å²) < 4.78 is 9.70. The number of fused-ring (bicyclic) bond motifs is 1. The fourth-order valence-electron chi connectivity index (χ4n) is 7.71. The Morgan fingerprint density at radius 1 is 1.09 bits per heavy atom. The van der Waals surface area contributed by atoms with Crippen molar-refractivity contribution in [2.24, 2.45) is 11.8 Å². The molecule has 0 aliphatic carbocycles. The van der Waals surface area contributed by atoms with Gasteiger partial charge in [0.15, 0.2) is 0 Å². The molecule has 10 nitrogen and oxygen atoms in total. The third-order valence-corrected chi connectivity index (χ3v) is 11.7. The number of rotatable bonds is 11. The topological polar surface area (TPSA) is 120 Å². The molecule has 3 amide bonds. The number of nitrogens with one attached hydrogen (secondary N) is 2. The van der Waals surface area contributed by atoms with Crippen LogP contribution in [0, 0.1) is 11.8 Å². The van der Waals surface area contributed by atoms with Gasteiger partial charge in [-0.1, -0.05) is 30.3 Å². The molecule has 0 aromatic heterocycles. The lowest BCUT2D eigenvalue weighted by atomic mass is 9.66. The van der Waals surface area contributed by atoms with Crippen molar-refractivity contribution in [1.29, 1.82) is 0 Å². The van der Waals surface area contributed by atoms with Gasteiger partial charge in [-0.05, 0) is 56.5 Å². The van der Waals surface area contributed by atoms with Crippen LogP contribution in [0.1, 0.15) is 38.3 Å². The van der Waals surface area contributed by atoms with Gasteiger partial charge in [-0.25, -0.2) is 0 Å². The van der Waals surface area contributed by atoms with Crippen LogP contribution in [0.15, 0.2) is 54.6 Å². The highest BCUT2D eigenvalue weighted by Crippen LogP contribution is 2.72. The first kappa shape index (κ1) is 30.9. The van der Waals surface area contributed by atoms with E-state index >= 15 is 0 Å². The normalized spacial score (nSPS) is 30.2. The SMILES string of the molecule is CCOc1ccc(NC(=O)[C@H]2[C@H]3C(=O)N([C@H](CO)c4ccccc4)C(C(=O)NCCN4CCOCC4)C34CC[C@]2(C)S4)cc1. The van der Waals surface area contributed by atoms with E-state index in [1.54, 1.807) is 28.8 Å². The molecule has 2 aromatic carbocycles. The van der Waals surface area contributed by atoms with Crippen LogP contribution in [0.4, 0.5) is 5.69 Å². The Morgan fingerprint density at radius 2 is 1.82 bits per heavy atom. The highest BCUT2D eigenvalue weighted by molar-refractivity contribution is 8.02. The number of carbonyl (C=O) groups is 3. The zero-order valence-corrected chi connectivity index (χ0v) is 26.2. The number of likely N-dealkylation sites (tertiary alicyclic amines) is 1. The second-order valence-corrected chi connectivity index (χ2v) is 14.2. The summed E-state index contributed by atoms with van der Waals surface area (Å²) >= 11 is 1.62. The van der Waals surface area contributed by atoms with E-state index in [1.165, 1.54) is 0 Å². The molecule has 44 heavy (non-hydrogen) atoms. The first-order valence-electron chi connectivity index (χ1n) is 15.6. The zero-order valence-electron chi connectivity index (χ0n) is 25.4. The van der Waals surface area contributed by atoms with E-state index in [4.69, 9.17) is 9.47 Å². The van der Waals surface area contributed by atoms with Gasteiger partial charge in [0, 0.05) is 36.6 Å². The summed E-state index contributed by atoms with van der Waals surface area (Å²) in [5, 5.41) is 16.9. The molecule has 4 fully saturated rings. The lowest BCUT2D eigenvalue weighted by molar-refractivity contribution is -0.142. The van der Waals surface area contributed by atoms with Crippen molar-refractivity contribution in [1.82, 2.24) is 15.1 Å². The van der Waals surface area contributed by atoms with Gasteiger partial charge < -0.3 is 30.1 Å². The van der Waals surface area contributed by atoms with Crippen molar-refractivity contribution in [2.45, 2.75) is 48.3 Å². The number of morpholine rings is 1. The van der Waals surface area contributed by atoms with E-state index < -0.39 is 33.4 Å². The van der Waals surface area contributed by atoms with Crippen LogP contribution >= 0.6 is 11.8 Å². The number of carbonyl (C=O) groups excluding carboxylic acids is 3. The molecule has 3 N–H and O–H groups in total. The number of hydrogen-bond donors (Lipinski definition) is 3. The second kappa shape index (κ2) is 12.7. The van der Waals surface area contributed by atoms with Gasteiger partial charge in [-0.3, -0.25) is 19.3 Å². The third-order valence-electron chi connectivity index (χ3n) is 9.70. The van der Waals surface area contributed by atoms with Crippen molar-refractivity contribution < 1.29 is 29.0 Å². The summed E-state index contributed by atoms with van der Waals surface area (Å²) in [7, 11) is 0. The minimum atomic E-state index is -0.822. The van der Waals surface area contributed by atoms with Gasteiger partial charge in [0.2, 0.25) is 17.7 Å². The van der Waals surface area contributed by atoms with Gasteiger partial charge in [-0.2, -0.15) is 0 Å². The van der Waals surface area contributed by atoms with Crippen LogP contribution in [0.25, 0.3) is 0 Å². The molecule has 6 rings (SSSR count). The Balaban J connectivity index is 1.30. The van der Waals surface area contributed by atoms with E-state index in [9.17, 15) is 19.5 Å². The number of aliphatic hydroxyl groups is 1. The van der Waals surface area contributed by atoms with Crippen LogP contribution in [0.5, 0.6) is 5.75 Å². The number of benzene rings is 2. The fraction of sp³-hybridized carbons (Fsp3) is 0.545. The zero-order chi connectivity index (χ0) is 30.9. The average Bonchev–Trinajstić information content (AvgIpc) is 3.60. The molecule has 0 saturated carbocycles. The van der Waals surface area contributed by atoms with Crippen molar-refractivity contribution >= 4 is 35.2 Å². The molecule has 0 radical (unpaired) electrons.